The highest BCUT2D eigenvalue weighted by Gasteiger charge is 2.28. The molecule has 108 valence electrons. The van der Waals surface area contributed by atoms with E-state index in [0.29, 0.717) is 13.1 Å². The van der Waals surface area contributed by atoms with Gasteiger partial charge in [-0.2, -0.15) is 4.31 Å². The number of nitrogens with zero attached hydrogens (tertiary/aromatic N) is 2. The van der Waals surface area contributed by atoms with Crippen molar-refractivity contribution in [3.63, 3.8) is 0 Å². The van der Waals surface area contributed by atoms with Crippen LogP contribution in [0.15, 0.2) is 17.6 Å². The molecular weight excluding hydrogens is 264 g/mol. The molecule has 2 heterocycles. The first-order valence-corrected chi connectivity index (χ1v) is 8.30. The summed E-state index contributed by atoms with van der Waals surface area (Å²) in [5.74, 6) is 0. The molecular formula is C12H22N4O2S. The number of unbranched alkanes of at least 4 members (excludes halogenated alkanes) is 1. The molecule has 1 saturated heterocycles. The molecule has 7 heteroatoms. The number of nitrogens with one attached hydrogen (secondary N) is 2. The Morgan fingerprint density at radius 3 is 2.95 bits per heavy atom. The molecule has 0 bridgehead atoms. The fraction of sp³-hybridized carbons (Fsp3) is 0.750. The molecule has 1 aliphatic rings. The van der Waals surface area contributed by atoms with Crippen LogP contribution < -0.4 is 5.32 Å². The highest BCUT2D eigenvalue weighted by atomic mass is 32.2. The zero-order valence-electron chi connectivity index (χ0n) is 11.3. The number of rotatable bonds is 7. The number of sulfonamides is 1. The van der Waals surface area contributed by atoms with Gasteiger partial charge in [-0.05, 0) is 25.8 Å². The van der Waals surface area contributed by atoms with Gasteiger partial charge < -0.3 is 10.3 Å². The summed E-state index contributed by atoms with van der Waals surface area (Å²) >= 11 is 0. The maximum absolute atomic E-state index is 12.5. The summed E-state index contributed by atoms with van der Waals surface area (Å²) in [5.41, 5.74) is 0. The molecule has 0 saturated carbocycles. The average molecular weight is 286 g/mol. The van der Waals surface area contributed by atoms with Gasteiger partial charge in [-0.1, -0.05) is 13.3 Å². The normalized spacial score (nSPS) is 20.2. The van der Waals surface area contributed by atoms with Crippen LogP contribution in [0.25, 0.3) is 0 Å². The second kappa shape index (κ2) is 6.49. The Labute approximate surface area is 114 Å². The summed E-state index contributed by atoms with van der Waals surface area (Å²) in [6, 6.07) is 0.273. The van der Waals surface area contributed by atoms with E-state index in [2.05, 4.69) is 22.2 Å². The second-order valence-corrected chi connectivity index (χ2v) is 6.83. The maximum atomic E-state index is 12.5. The standard InChI is InChI=1S/C12H22N4O2S/c1-2-3-7-16(9-11-5-4-6-14-11)19(17,18)12-8-13-10-15-12/h8,10-11,14H,2-7,9H2,1H3,(H,13,15). The summed E-state index contributed by atoms with van der Waals surface area (Å²) in [6.07, 6.45) is 6.79. The number of H-pyrrole nitrogens is 1. The molecule has 1 aromatic heterocycles. The van der Waals surface area contributed by atoms with Gasteiger partial charge in [0, 0.05) is 19.1 Å². The Bertz CT molecular complexity index is 466. The first kappa shape index (κ1) is 14.5. The third-order valence-corrected chi connectivity index (χ3v) is 5.23. The van der Waals surface area contributed by atoms with Crippen LogP contribution in [-0.2, 0) is 10.0 Å². The second-order valence-electron chi connectivity index (χ2n) is 4.93. The number of imidazole rings is 1. The van der Waals surface area contributed by atoms with Crippen molar-refractivity contribution in [3.8, 4) is 0 Å². The Kier molecular flexibility index (Phi) is 4.95. The van der Waals surface area contributed by atoms with Crippen LogP contribution in [0.1, 0.15) is 32.6 Å². The summed E-state index contributed by atoms with van der Waals surface area (Å²) < 4.78 is 26.6. The minimum atomic E-state index is -3.44. The van der Waals surface area contributed by atoms with E-state index in [1.807, 2.05) is 0 Å². The van der Waals surface area contributed by atoms with Crippen molar-refractivity contribution >= 4 is 10.0 Å². The molecule has 0 aliphatic carbocycles. The van der Waals surface area contributed by atoms with Crippen molar-refractivity contribution in [1.29, 1.82) is 0 Å². The van der Waals surface area contributed by atoms with E-state index in [4.69, 9.17) is 0 Å². The molecule has 1 unspecified atom stereocenters. The topological polar surface area (TPSA) is 78.1 Å². The smallest absolute Gasteiger partial charge is 0.260 e. The maximum Gasteiger partial charge on any atom is 0.260 e. The lowest BCUT2D eigenvalue weighted by molar-refractivity contribution is 0.363. The predicted molar refractivity (Wildman–Crippen MR) is 73.3 cm³/mol. The van der Waals surface area contributed by atoms with Gasteiger partial charge in [0.15, 0.2) is 5.03 Å². The highest BCUT2D eigenvalue weighted by molar-refractivity contribution is 7.89. The summed E-state index contributed by atoms with van der Waals surface area (Å²) in [4.78, 5) is 6.50. The number of aromatic nitrogens is 2. The fourth-order valence-corrected chi connectivity index (χ4v) is 3.75. The van der Waals surface area contributed by atoms with Crippen LogP contribution in [0.3, 0.4) is 0 Å². The highest BCUT2D eigenvalue weighted by Crippen LogP contribution is 2.16. The fourth-order valence-electron chi connectivity index (χ4n) is 2.33. The molecule has 6 nitrogen and oxygen atoms in total. The van der Waals surface area contributed by atoms with Crippen LogP contribution in [0.4, 0.5) is 0 Å². The lowest BCUT2D eigenvalue weighted by Gasteiger charge is -2.24. The van der Waals surface area contributed by atoms with Crippen LogP contribution in [-0.4, -0.2) is 48.4 Å². The minimum Gasteiger partial charge on any atom is -0.335 e. The SMILES string of the molecule is CCCCN(CC1CCCN1)S(=O)(=O)c1cnc[nH]1. The lowest BCUT2D eigenvalue weighted by Crippen LogP contribution is -2.41. The van der Waals surface area contributed by atoms with E-state index in [1.165, 1.54) is 12.5 Å². The Balaban J connectivity index is 2.11. The number of hydrogen-bond donors (Lipinski definition) is 2. The van der Waals surface area contributed by atoms with Gasteiger partial charge in [-0.25, -0.2) is 13.4 Å². The largest absolute Gasteiger partial charge is 0.335 e. The molecule has 0 amide bonds. The Hall–Kier alpha value is -0.920. The molecule has 2 N–H and O–H groups in total. The van der Waals surface area contributed by atoms with Crippen molar-refractivity contribution in [1.82, 2.24) is 19.6 Å². The summed E-state index contributed by atoms with van der Waals surface area (Å²) in [7, 11) is -3.44. The molecule has 19 heavy (non-hydrogen) atoms. The monoisotopic (exact) mass is 286 g/mol. The lowest BCUT2D eigenvalue weighted by atomic mass is 10.2. The van der Waals surface area contributed by atoms with Gasteiger partial charge in [-0.3, -0.25) is 0 Å². The minimum absolute atomic E-state index is 0.182. The molecule has 0 spiro atoms. The first-order valence-electron chi connectivity index (χ1n) is 6.86. The molecule has 1 fully saturated rings. The molecule has 1 aromatic rings. The van der Waals surface area contributed by atoms with Gasteiger partial charge >= 0.3 is 0 Å². The van der Waals surface area contributed by atoms with Crippen LogP contribution in [0, 0.1) is 0 Å². The third kappa shape index (κ3) is 3.55. The Morgan fingerprint density at radius 1 is 1.53 bits per heavy atom. The zero-order valence-corrected chi connectivity index (χ0v) is 12.1. The van der Waals surface area contributed by atoms with Crippen molar-refractivity contribution in [2.45, 2.75) is 43.7 Å². The number of hydrogen-bond acceptors (Lipinski definition) is 4. The van der Waals surface area contributed by atoms with Crippen molar-refractivity contribution in [2.75, 3.05) is 19.6 Å². The van der Waals surface area contributed by atoms with E-state index in [-0.39, 0.29) is 11.1 Å². The zero-order chi connectivity index (χ0) is 13.7. The summed E-state index contributed by atoms with van der Waals surface area (Å²) in [6.45, 7) is 4.16. The van der Waals surface area contributed by atoms with Gasteiger partial charge in [0.25, 0.3) is 10.0 Å². The van der Waals surface area contributed by atoms with E-state index < -0.39 is 10.0 Å². The molecule has 1 aliphatic heterocycles. The van der Waals surface area contributed by atoms with E-state index in [1.54, 1.807) is 4.31 Å². The van der Waals surface area contributed by atoms with Gasteiger partial charge in [-0.15, -0.1) is 0 Å². The molecule has 1 atom stereocenters. The van der Waals surface area contributed by atoms with Crippen molar-refractivity contribution in [3.05, 3.63) is 12.5 Å². The van der Waals surface area contributed by atoms with E-state index >= 15 is 0 Å². The van der Waals surface area contributed by atoms with E-state index in [0.717, 1.165) is 32.2 Å². The van der Waals surface area contributed by atoms with Crippen molar-refractivity contribution in [2.24, 2.45) is 0 Å². The first-order chi connectivity index (χ1) is 9.14. The van der Waals surface area contributed by atoms with Gasteiger partial charge in [0.1, 0.15) is 0 Å². The van der Waals surface area contributed by atoms with Crippen LogP contribution in [0.5, 0.6) is 0 Å². The Morgan fingerprint density at radius 2 is 2.37 bits per heavy atom. The van der Waals surface area contributed by atoms with Crippen LogP contribution >= 0.6 is 0 Å². The van der Waals surface area contributed by atoms with Crippen molar-refractivity contribution < 1.29 is 8.42 Å². The average Bonchev–Trinajstić information content (AvgIpc) is 3.06. The quantitative estimate of drug-likeness (QED) is 0.782. The van der Waals surface area contributed by atoms with Crippen LogP contribution in [0.2, 0.25) is 0 Å². The van der Waals surface area contributed by atoms with E-state index in [9.17, 15) is 8.42 Å². The third-order valence-electron chi connectivity index (χ3n) is 3.44. The molecule has 0 aromatic carbocycles. The molecule has 2 rings (SSSR count). The number of aromatic amines is 1. The predicted octanol–water partition coefficient (Wildman–Crippen LogP) is 0.952. The summed E-state index contributed by atoms with van der Waals surface area (Å²) in [5, 5.41) is 3.53. The molecule has 0 radical (unpaired) electrons. The van der Waals surface area contributed by atoms with Gasteiger partial charge in [0.05, 0.1) is 12.5 Å². The van der Waals surface area contributed by atoms with Gasteiger partial charge in [0.2, 0.25) is 0 Å².